The summed E-state index contributed by atoms with van der Waals surface area (Å²) in [6.07, 6.45) is 0. The number of hydrogen-bond acceptors (Lipinski definition) is 3. The molecule has 2 heterocycles. The van der Waals surface area contributed by atoms with Crippen molar-refractivity contribution in [3.8, 4) is 5.88 Å². The molecule has 0 saturated carbocycles. The maximum atomic E-state index is 12.5. The number of Topliss-reactive ketones (excluding diaryl/α,β-unsaturated/α-hetero) is 1. The molecule has 4 nitrogen and oxygen atoms in total. The molecule has 4 heteroatoms. The molecule has 0 atom stereocenters. The zero-order valence-corrected chi connectivity index (χ0v) is 12.1. The van der Waals surface area contributed by atoms with Gasteiger partial charge in [0.15, 0.2) is 5.78 Å². The van der Waals surface area contributed by atoms with Crippen LogP contribution in [0.4, 0.5) is 0 Å². The second kappa shape index (κ2) is 5.03. The predicted octanol–water partition coefficient (Wildman–Crippen LogP) is 3.31. The van der Waals surface area contributed by atoms with Crippen LogP contribution in [-0.4, -0.2) is 22.5 Å². The van der Waals surface area contributed by atoms with Crippen molar-refractivity contribution in [1.29, 1.82) is 0 Å². The Morgan fingerprint density at radius 1 is 1.26 bits per heavy atom. The van der Waals surface area contributed by atoms with Crippen molar-refractivity contribution in [3.05, 3.63) is 29.5 Å². The Labute approximate surface area is 113 Å². The van der Waals surface area contributed by atoms with Crippen LogP contribution in [0.1, 0.15) is 49.7 Å². The van der Waals surface area contributed by atoms with Gasteiger partial charge in [0.05, 0.1) is 23.9 Å². The molecule has 0 radical (unpaired) electrons. The van der Waals surface area contributed by atoms with Crippen molar-refractivity contribution in [3.63, 3.8) is 0 Å². The minimum Gasteiger partial charge on any atom is -0.481 e. The Kier molecular flexibility index (Phi) is 3.60. The van der Waals surface area contributed by atoms with Crippen molar-refractivity contribution < 1.29 is 9.53 Å². The van der Waals surface area contributed by atoms with E-state index in [0.717, 1.165) is 16.8 Å². The molecule has 2 rings (SSSR count). The van der Waals surface area contributed by atoms with Gasteiger partial charge in [0.25, 0.3) is 0 Å². The lowest BCUT2D eigenvalue weighted by molar-refractivity contribution is 0.0939. The summed E-state index contributed by atoms with van der Waals surface area (Å²) >= 11 is 0. The van der Waals surface area contributed by atoms with Gasteiger partial charge in [0.2, 0.25) is 5.88 Å². The lowest BCUT2D eigenvalue weighted by Gasteiger charge is -2.07. The van der Waals surface area contributed by atoms with Crippen LogP contribution in [0, 0.1) is 5.92 Å². The van der Waals surface area contributed by atoms with Crippen LogP contribution < -0.4 is 4.74 Å². The highest BCUT2D eigenvalue weighted by atomic mass is 16.5. The van der Waals surface area contributed by atoms with E-state index >= 15 is 0 Å². The average molecular weight is 260 g/mol. The van der Waals surface area contributed by atoms with Gasteiger partial charge in [-0.1, -0.05) is 33.8 Å². The number of ether oxygens (including phenoxy) is 1. The molecule has 0 aliphatic rings. The maximum absolute atomic E-state index is 12.5. The van der Waals surface area contributed by atoms with E-state index in [1.807, 2.05) is 45.9 Å². The second-order valence-electron chi connectivity index (χ2n) is 5.30. The van der Waals surface area contributed by atoms with Crippen LogP contribution >= 0.6 is 0 Å². The molecule has 0 unspecified atom stereocenters. The molecular weight excluding hydrogens is 240 g/mol. The van der Waals surface area contributed by atoms with Gasteiger partial charge in [-0.25, -0.2) is 4.52 Å². The van der Waals surface area contributed by atoms with Gasteiger partial charge in [-0.15, -0.1) is 0 Å². The zero-order valence-electron chi connectivity index (χ0n) is 12.1. The maximum Gasteiger partial charge on any atom is 0.214 e. The first-order chi connectivity index (χ1) is 8.97. The minimum absolute atomic E-state index is 0.0447. The summed E-state index contributed by atoms with van der Waals surface area (Å²) < 4.78 is 7.02. The summed E-state index contributed by atoms with van der Waals surface area (Å²) in [7, 11) is 1.61. The van der Waals surface area contributed by atoms with E-state index in [1.54, 1.807) is 11.6 Å². The fourth-order valence-corrected chi connectivity index (χ4v) is 2.16. The topological polar surface area (TPSA) is 43.6 Å². The molecule has 2 aromatic heterocycles. The van der Waals surface area contributed by atoms with Crippen molar-refractivity contribution in [2.75, 3.05) is 7.11 Å². The van der Waals surface area contributed by atoms with Crippen LogP contribution in [-0.2, 0) is 0 Å². The number of rotatable bonds is 4. The normalized spacial score (nSPS) is 11.5. The molecule has 0 spiro atoms. The number of fused-ring (bicyclic) bond motifs is 1. The Morgan fingerprint density at radius 2 is 1.95 bits per heavy atom. The second-order valence-corrected chi connectivity index (χ2v) is 5.30. The van der Waals surface area contributed by atoms with Crippen molar-refractivity contribution in [2.45, 2.75) is 33.6 Å². The lowest BCUT2D eigenvalue weighted by atomic mass is 9.95. The molecule has 2 aromatic rings. The number of pyridine rings is 1. The summed E-state index contributed by atoms with van der Waals surface area (Å²) in [4.78, 5) is 12.5. The van der Waals surface area contributed by atoms with E-state index in [-0.39, 0.29) is 17.6 Å². The third-order valence-electron chi connectivity index (χ3n) is 3.18. The largest absolute Gasteiger partial charge is 0.481 e. The molecule has 0 N–H and O–H groups in total. The van der Waals surface area contributed by atoms with Crippen LogP contribution in [0.3, 0.4) is 0 Å². The standard InChI is InChI=1S/C15H20N2O2/c1-9(2)14-13(15(18)10(3)4)11-7-6-8-12(19-5)17(11)16-14/h6-10H,1-5H3. The van der Waals surface area contributed by atoms with E-state index in [0.29, 0.717) is 5.88 Å². The minimum atomic E-state index is -0.0447. The number of carbonyl (C=O) groups excluding carboxylic acids is 1. The molecular formula is C15H20N2O2. The molecule has 0 aromatic carbocycles. The number of nitrogens with zero attached hydrogens (tertiary/aromatic N) is 2. The lowest BCUT2D eigenvalue weighted by Crippen LogP contribution is -2.10. The van der Waals surface area contributed by atoms with E-state index in [9.17, 15) is 4.79 Å². The Balaban J connectivity index is 2.78. The van der Waals surface area contributed by atoms with Gasteiger partial charge < -0.3 is 4.74 Å². The Bertz CT molecular complexity index is 612. The highest BCUT2D eigenvalue weighted by molar-refractivity contribution is 6.04. The van der Waals surface area contributed by atoms with Crippen LogP contribution in [0.5, 0.6) is 5.88 Å². The van der Waals surface area contributed by atoms with Gasteiger partial charge in [-0.2, -0.15) is 5.10 Å². The number of ketones is 1. The molecule has 0 amide bonds. The molecule has 0 fully saturated rings. The third-order valence-corrected chi connectivity index (χ3v) is 3.18. The van der Waals surface area contributed by atoms with Crippen LogP contribution in [0.2, 0.25) is 0 Å². The first kappa shape index (κ1) is 13.6. The third kappa shape index (κ3) is 2.23. The molecule has 0 aliphatic heterocycles. The number of carbonyl (C=O) groups is 1. The van der Waals surface area contributed by atoms with Gasteiger partial charge in [0.1, 0.15) is 0 Å². The summed E-state index contributed by atoms with van der Waals surface area (Å²) in [5, 5.41) is 4.56. The summed E-state index contributed by atoms with van der Waals surface area (Å²) in [6.45, 7) is 7.92. The Hall–Kier alpha value is -1.84. The summed E-state index contributed by atoms with van der Waals surface area (Å²) in [5.41, 5.74) is 2.38. The molecule has 19 heavy (non-hydrogen) atoms. The number of hydrogen-bond donors (Lipinski definition) is 0. The van der Waals surface area contributed by atoms with Gasteiger partial charge >= 0.3 is 0 Å². The fourth-order valence-electron chi connectivity index (χ4n) is 2.16. The summed E-state index contributed by atoms with van der Waals surface area (Å²) in [5.74, 6) is 0.924. The van der Waals surface area contributed by atoms with E-state index in [2.05, 4.69) is 5.10 Å². The molecule has 102 valence electrons. The highest BCUT2D eigenvalue weighted by Gasteiger charge is 2.24. The molecule has 0 saturated heterocycles. The van der Waals surface area contributed by atoms with E-state index in [1.165, 1.54) is 0 Å². The average Bonchev–Trinajstić information content (AvgIpc) is 2.76. The predicted molar refractivity (Wildman–Crippen MR) is 75.0 cm³/mol. The SMILES string of the molecule is COc1cccc2c(C(=O)C(C)C)c(C(C)C)nn12. The Morgan fingerprint density at radius 3 is 2.47 bits per heavy atom. The smallest absolute Gasteiger partial charge is 0.214 e. The van der Waals surface area contributed by atoms with Gasteiger partial charge in [-0.05, 0) is 12.0 Å². The quantitative estimate of drug-likeness (QED) is 0.792. The molecule has 0 aliphatic carbocycles. The first-order valence-electron chi connectivity index (χ1n) is 6.57. The number of methoxy groups -OCH3 is 1. The van der Waals surface area contributed by atoms with E-state index in [4.69, 9.17) is 4.74 Å². The van der Waals surface area contributed by atoms with Crippen molar-refractivity contribution in [2.24, 2.45) is 5.92 Å². The van der Waals surface area contributed by atoms with E-state index < -0.39 is 0 Å². The summed E-state index contributed by atoms with van der Waals surface area (Å²) in [6, 6.07) is 5.64. The van der Waals surface area contributed by atoms with Crippen molar-refractivity contribution >= 4 is 11.3 Å². The van der Waals surface area contributed by atoms with Gasteiger partial charge in [0, 0.05) is 12.0 Å². The van der Waals surface area contributed by atoms with Gasteiger partial charge in [-0.3, -0.25) is 4.79 Å². The van der Waals surface area contributed by atoms with Crippen LogP contribution in [0.15, 0.2) is 18.2 Å². The first-order valence-corrected chi connectivity index (χ1v) is 6.57. The van der Waals surface area contributed by atoms with Crippen molar-refractivity contribution in [1.82, 2.24) is 9.61 Å². The highest BCUT2D eigenvalue weighted by Crippen LogP contribution is 2.28. The monoisotopic (exact) mass is 260 g/mol. The van der Waals surface area contributed by atoms with Crippen LogP contribution in [0.25, 0.3) is 5.52 Å². The number of aromatic nitrogens is 2. The fraction of sp³-hybridized carbons (Fsp3) is 0.467. The zero-order chi connectivity index (χ0) is 14.2. The molecule has 0 bridgehead atoms.